The number of allylic oxidation sites excluding steroid dienone is 1. The van der Waals surface area contributed by atoms with Gasteiger partial charge in [-0.2, -0.15) is 11.8 Å². The van der Waals surface area contributed by atoms with Crippen molar-refractivity contribution in [2.45, 2.75) is 24.7 Å². The Morgan fingerprint density at radius 1 is 1.33 bits per heavy atom. The maximum Gasteiger partial charge on any atom is 0.321 e. The average Bonchev–Trinajstić information content (AvgIpc) is 2.50. The first-order valence-electron chi connectivity index (χ1n) is 6.89. The van der Waals surface area contributed by atoms with Gasteiger partial charge < -0.3 is 4.74 Å². The summed E-state index contributed by atoms with van der Waals surface area (Å²) in [6, 6.07) is 10.4. The van der Waals surface area contributed by atoms with Gasteiger partial charge in [0.15, 0.2) is 0 Å². The Labute approximate surface area is 135 Å². The van der Waals surface area contributed by atoms with Crippen LogP contribution < -0.4 is 0 Å². The lowest BCUT2D eigenvalue weighted by atomic mass is 9.94. The largest absolute Gasteiger partial charge is 0.454 e. The summed E-state index contributed by atoms with van der Waals surface area (Å²) in [5, 5.41) is 0. The van der Waals surface area contributed by atoms with Crippen molar-refractivity contribution in [1.82, 2.24) is 0 Å². The molecule has 112 valence electrons. The topological polar surface area (TPSA) is 26.3 Å². The first-order chi connectivity index (χ1) is 10.1. The minimum absolute atomic E-state index is 0.104. The highest BCUT2D eigenvalue weighted by molar-refractivity contribution is 7.98. The summed E-state index contributed by atoms with van der Waals surface area (Å²) in [7, 11) is 0. The van der Waals surface area contributed by atoms with E-state index in [1.165, 1.54) is 11.1 Å². The molecule has 0 aromatic heterocycles. The summed E-state index contributed by atoms with van der Waals surface area (Å²) >= 11 is 7.35. The van der Waals surface area contributed by atoms with Gasteiger partial charge in [0.05, 0.1) is 0 Å². The maximum atomic E-state index is 11.3. The highest BCUT2D eigenvalue weighted by atomic mass is 35.5. The molecule has 2 nitrogen and oxygen atoms in total. The zero-order chi connectivity index (χ0) is 15.1. The van der Waals surface area contributed by atoms with Gasteiger partial charge in [-0.15, -0.1) is 11.6 Å². The minimum atomic E-state index is -0.556. The van der Waals surface area contributed by atoms with Crippen molar-refractivity contribution in [3.63, 3.8) is 0 Å². The zero-order valence-electron chi connectivity index (χ0n) is 12.0. The fourth-order valence-corrected chi connectivity index (χ4v) is 3.12. The molecule has 1 aromatic rings. The number of ether oxygens (including phenoxy) is 1. The normalized spacial score (nSPS) is 21.0. The highest BCUT2D eigenvalue weighted by Crippen LogP contribution is 2.27. The van der Waals surface area contributed by atoms with Crippen LogP contribution in [-0.4, -0.2) is 23.2 Å². The molecule has 0 saturated heterocycles. The van der Waals surface area contributed by atoms with Gasteiger partial charge in [-0.3, -0.25) is 4.79 Å². The number of benzene rings is 1. The van der Waals surface area contributed by atoms with Crippen molar-refractivity contribution in [2.24, 2.45) is 0 Å². The van der Waals surface area contributed by atoms with Crippen molar-refractivity contribution >= 4 is 29.3 Å². The molecule has 0 amide bonds. The van der Waals surface area contributed by atoms with Crippen molar-refractivity contribution in [1.29, 1.82) is 0 Å². The van der Waals surface area contributed by atoms with E-state index in [0.29, 0.717) is 6.42 Å². The lowest BCUT2D eigenvalue weighted by molar-refractivity contribution is -0.150. The molecule has 0 bridgehead atoms. The van der Waals surface area contributed by atoms with Crippen LogP contribution in [0.25, 0.3) is 0 Å². The molecule has 0 saturated carbocycles. The fourth-order valence-electron chi connectivity index (χ4n) is 2.08. The summed E-state index contributed by atoms with van der Waals surface area (Å²) in [6.07, 6.45) is 6.84. The Hall–Kier alpha value is -1.19. The SMILES string of the molecule is CC1(OC(=O)CCl)C=CC(CSCc2ccccc2)=CC1. The van der Waals surface area contributed by atoms with E-state index in [4.69, 9.17) is 16.3 Å². The van der Waals surface area contributed by atoms with Crippen LogP contribution in [0.4, 0.5) is 0 Å². The van der Waals surface area contributed by atoms with Crippen LogP contribution in [0.15, 0.2) is 54.1 Å². The number of hydrogen-bond donors (Lipinski definition) is 0. The summed E-state index contributed by atoms with van der Waals surface area (Å²) in [4.78, 5) is 11.3. The van der Waals surface area contributed by atoms with Gasteiger partial charge in [0.2, 0.25) is 0 Å². The van der Waals surface area contributed by atoms with E-state index in [9.17, 15) is 4.79 Å². The van der Waals surface area contributed by atoms with Gasteiger partial charge >= 0.3 is 5.97 Å². The number of halogens is 1. The van der Waals surface area contributed by atoms with Crippen LogP contribution >= 0.6 is 23.4 Å². The van der Waals surface area contributed by atoms with Crippen LogP contribution in [0.5, 0.6) is 0 Å². The Balaban J connectivity index is 1.78. The molecule has 4 heteroatoms. The maximum absolute atomic E-state index is 11.3. The van der Waals surface area contributed by atoms with Crippen molar-refractivity contribution in [3.8, 4) is 0 Å². The molecule has 0 radical (unpaired) electrons. The first-order valence-corrected chi connectivity index (χ1v) is 8.58. The van der Waals surface area contributed by atoms with E-state index in [1.54, 1.807) is 0 Å². The molecular formula is C17H19ClO2S. The van der Waals surface area contributed by atoms with Crippen molar-refractivity contribution in [3.05, 3.63) is 59.7 Å². The number of esters is 1. The second-order valence-corrected chi connectivity index (χ2v) is 6.47. The molecule has 0 aliphatic heterocycles. The van der Waals surface area contributed by atoms with Crippen molar-refractivity contribution in [2.75, 3.05) is 11.6 Å². The van der Waals surface area contributed by atoms with E-state index in [1.807, 2.05) is 36.9 Å². The number of hydrogen-bond acceptors (Lipinski definition) is 3. The number of thioether (sulfide) groups is 1. The lowest BCUT2D eigenvalue weighted by Crippen LogP contribution is -2.31. The van der Waals surface area contributed by atoms with Crippen LogP contribution in [0.2, 0.25) is 0 Å². The predicted octanol–water partition coefficient (Wildman–Crippen LogP) is 4.35. The fraction of sp³-hybridized carbons (Fsp3) is 0.353. The summed E-state index contributed by atoms with van der Waals surface area (Å²) < 4.78 is 5.34. The Kier molecular flexibility index (Phi) is 5.95. The van der Waals surface area contributed by atoms with Gasteiger partial charge in [-0.25, -0.2) is 0 Å². The van der Waals surface area contributed by atoms with Crippen LogP contribution in [0.3, 0.4) is 0 Å². The number of rotatable bonds is 6. The molecule has 0 fully saturated rings. The quantitative estimate of drug-likeness (QED) is 0.575. The molecule has 21 heavy (non-hydrogen) atoms. The third-order valence-corrected chi connectivity index (χ3v) is 4.55. The highest BCUT2D eigenvalue weighted by Gasteiger charge is 2.26. The molecule has 0 N–H and O–H groups in total. The molecule has 0 heterocycles. The summed E-state index contributed by atoms with van der Waals surface area (Å²) in [6.45, 7) is 1.90. The van der Waals surface area contributed by atoms with Crippen molar-refractivity contribution < 1.29 is 9.53 Å². The summed E-state index contributed by atoms with van der Waals surface area (Å²) in [5.41, 5.74) is 2.05. The Morgan fingerprint density at radius 2 is 2.10 bits per heavy atom. The molecule has 0 spiro atoms. The summed E-state index contributed by atoms with van der Waals surface area (Å²) in [5.74, 6) is 1.49. The number of carbonyl (C=O) groups excluding carboxylic acids is 1. The molecule has 1 unspecified atom stereocenters. The smallest absolute Gasteiger partial charge is 0.321 e. The van der Waals surface area contributed by atoms with E-state index in [2.05, 4.69) is 30.3 Å². The zero-order valence-corrected chi connectivity index (χ0v) is 13.6. The predicted molar refractivity (Wildman–Crippen MR) is 89.7 cm³/mol. The third kappa shape index (κ3) is 5.25. The monoisotopic (exact) mass is 322 g/mol. The van der Waals surface area contributed by atoms with E-state index in [-0.39, 0.29) is 11.8 Å². The third-order valence-electron chi connectivity index (χ3n) is 3.26. The van der Waals surface area contributed by atoms with E-state index >= 15 is 0 Å². The standard InChI is InChI=1S/C17H19ClO2S/c1-17(20-16(19)11-18)9-7-15(8-10-17)13-21-12-14-5-3-2-4-6-14/h2-9H,10-13H2,1H3. The number of carbonyl (C=O) groups is 1. The minimum Gasteiger partial charge on any atom is -0.454 e. The molecule has 1 aliphatic carbocycles. The Bertz CT molecular complexity index is 539. The molecule has 2 rings (SSSR count). The lowest BCUT2D eigenvalue weighted by Gasteiger charge is -2.27. The molecule has 1 aromatic carbocycles. The Morgan fingerprint density at radius 3 is 2.71 bits per heavy atom. The second kappa shape index (κ2) is 7.71. The van der Waals surface area contributed by atoms with Crippen LogP contribution in [-0.2, 0) is 15.3 Å². The van der Waals surface area contributed by atoms with Gasteiger partial charge in [-0.05, 0) is 24.1 Å². The van der Waals surface area contributed by atoms with Crippen LogP contribution in [0.1, 0.15) is 18.9 Å². The van der Waals surface area contributed by atoms with Crippen LogP contribution in [0, 0.1) is 0 Å². The molecular weight excluding hydrogens is 304 g/mol. The van der Waals surface area contributed by atoms with Gasteiger partial charge in [-0.1, -0.05) is 42.5 Å². The van der Waals surface area contributed by atoms with E-state index < -0.39 is 5.60 Å². The van der Waals surface area contributed by atoms with Gasteiger partial charge in [0.1, 0.15) is 11.5 Å². The molecule has 1 aliphatic rings. The average molecular weight is 323 g/mol. The van der Waals surface area contributed by atoms with Gasteiger partial charge in [0.25, 0.3) is 0 Å². The van der Waals surface area contributed by atoms with E-state index in [0.717, 1.165) is 11.5 Å². The number of alkyl halides is 1. The molecule has 1 atom stereocenters. The second-order valence-electron chi connectivity index (χ2n) is 5.22. The first kappa shape index (κ1) is 16.2. The van der Waals surface area contributed by atoms with Gasteiger partial charge in [0, 0.05) is 17.9 Å².